The average Bonchev–Trinajstić information content (AvgIpc) is 2.42. The summed E-state index contributed by atoms with van der Waals surface area (Å²) in [5, 5.41) is 10.2. The molecule has 0 aromatic heterocycles. The van der Waals surface area contributed by atoms with E-state index in [1.807, 2.05) is 30.3 Å². The maximum Gasteiger partial charge on any atom is 0.323 e. The topological polar surface area (TPSA) is 40.5 Å². The second-order valence-corrected chi connectivity index (χ2v) is 5.16. The molecule has 0 spiro atoms. The van der Waals surface area contributed by atoms with E-state index in [2.05, 4.69) is 0 Å². The summed E-state index contributed by atoms with van der Waals surface area (Å²) in [6.45, 7) is 0.280. The zero-order valence-electron chi connectivity index (χ0n) is 10.6. The molecule has 20 heavy (non-hydrogen) atoms. The molecule has 2 aromatic rings. The largest absolute Gasteiger partial charge is 0.480 e. The Morgan fingerprint density at radius 1 is 1.10 bits per heavy atom. The smallest absolute Gasteiger partial charge is 0.323 e. The number of nitrogens with zero attached hydrogens (tertiary/aromatic N) is 1. The first kappa shape index (κ1) is 14.7. The molecule has 0 fully saturated rings. The minimum absolute atomic E-state index is 0.104. The number of aliphatic carboxylic acids is 1. The van der Waals surface area contributed by atoms with Gasteiger partial charge in [-0.05, 0) is 35.9 Å². The van der Waals surface area contributed by atoms with Gasteiger partial charge in [0.15, 0.2) is 0 Å². The molecule has 2 aromatic carbocycles. The van der Waals surface area contributed by atoms with Gasteiger partial charge in [-0.15, -0.1) is 0 Å². The quantitative estimate of drug-likeness (QED) is 0.904. The SMILES string of the molecule is O=C(O)CN(Cc1cc(Cl)ccc1Cl)c1ccccc1. The Kier molecular flexibility index (Phi) is 4.88. The number of carbonyl (C=O) groups is 1. The minimum Gasteiger partial charge on any atom is -0.480 e. The highest BCUT2D eigenvalue weighted by molar-refractivity contribution is 6.33. The fourth-order valence-corrected chi connectivity index (χ4v) is 2.28. The van der Waals surface area contributed by atoms with E-state index in [0.29, 0.717) is 16.6 Å². The zero-order chi connectivity index (χ0) is 14.5. The molecule has 0 aliphatic rings. The normalized spacial score (nSPS) is 10.3. The van der Waals surface area contributed by atoms with Crippen LogP contribution in [0.15, 0.2) is 48.5 Å². The molecular formula is C15H13Cl2NO2. The molecule has 0 unspecified atom stereocenters. The van der Waals surface area contributed by atoms with Crippen LogP contribution in [0.3, 0.4) is 0 Å². The van der Waals surface area contributed by atoms with Gasteiger partial charge in [0.1, 0.15) is 6.54 Å². The maximum atomic E-state index is 11.0. The number of rotatable bonds is 5. The van der Waals surface area contributed by atoms with Crippen LogP contribution in [0.1, 0.15) is 5.56 Å². The Balaban J connectivity index is 2.28. The van der Waals surface area contributed by atoms with Crippen LogP contribution in [0.25, 0.3) is 0 Å². The van der Waals surface area contributed by atoms with Crippen molar-refractivity contribution in [2.75, 3.05) is 11.4 Å². The van der Waals surface area contributed by atoms with Crippen LogP contribution in [0.2, 0.25) is 10.0 Å². The number of hydrogen-bond donors (Lipinski definition) is 1. The van der Waals surface area contributed by atoms with Crippen LogP contribution in [0, 0.1) is 0 Å². The molecule has 0 amide bonds. The number of para-hydroxylation sites is 1. The number of carboxylic acid groups (broad SMARTS) is 1. The molecule has 3 nitrogen and oxygen atoms in total. The van der Waals surface area contributed by atoms with Gasteiger partial charge in [-0.1, -0.05) is 41.4 Å². The molecule has 0 aliphatic heterocycles. The monoisotopic (exact) mass is 309 g/mol. The molecule has 104 valence electrons. The molecule has 1 N–H and O–H groups in total. The number of halogens is 2. The molecule has 5 heteroatoms. The summed E-state index contributed by atoms with van der Waals surface area (Å²) in [5.41, 5.74) is 1.62. The van der Waals surface area contributed by atoms with E-state index in [0.717, 1.165) is 11.3 Å². The fraction of sp³-hybridized carbons (Fsp3) is 0.133. The first-order valence-electron chi connectivity index (χ1n) is 6.02. The number of benzene rings is 2. The van der Waals surface area contributed by atoms with Crippen LogP contribution in [-0.4, -0.2) is 17.6 Å². The van der Waals surface area contributed by atoms with E-state index in [1.165, 1.54) is 0 Å². The van der Waals surface area contributed by atoms with Crippen molar-refractivity contribution in [1.29, 1.82) is 0 Å². The van der Waals surface area contributed by atoms with Gasteiger partial charge in [0.2, 0.25) is 0 Å². The Morgan fingerprint density at radius 2 is 1.80 bits per heavy atom. The van der Waals surface area contributed by atoms with Crippen LogP contribution in [0.5, 0.6) is 0 Å². The minimum atomic E-state index is -0.896. The molecule has 0 bridgehead atoms. The highest BCUT2D eigenvalue weighted by atomic mass is 35.5. The Morgan fingerprint density at radius 3 is 2.45 bits per heavy atom. The Labute approximate surface area is 127 Å². The van der Waals surface area contributed by atoms with E-state index in [1.54, 1.807) is 23.1 Å². The number of hydrogen-bond acceptors (Lipinski definition) is 2. The highest BCUT2D eigenvalue weighted by Gasteiger charge is 2.13. The zero-order valence-corrected chi connectivity index (χ0v) is 12.1. The molecule has 0 saturated carbocycles. The van der Waals surface area contributed by atoms with E-state index in [-0.39, 0.29) is 6.54 Å². The van der Waals surface area contributed by atoms with Crippen molar-refractivity contribution in [2.45, 2.75) is 6.54 Å². The summed E-state index contributed by atoms with van der Waals surface area (Å²) >= 11 is 12.1. The Bertz CT molecular complexity index is 602. The summed E-state index contributed by atoms with van der Waals surface area (Å²) in [5.74, 6) is -0.896. The molecule has 2 rings (SSSR count). The summed E-state index contributed by atoms with van der Waals surface area (Å²) < 4.78 is 0. The molecular weight excluding hydrogens is 297 g/mol. The Hall–Kier alpha value is -1.71. The molecule has 0 radical (unpaired) electrons. The summed E-state index contributed by atoms with van der Waals surface area (Å²) in [4.78, 5) is 12.8. The summed E-state index contributed by atoms with van der Waals surface area (Å²) in [6.07, 6.45) is 0. The first-order chi connectivity index (χ1) is 9.56. The van der Waals surface area contributed by atoms with Crippen LogP contribution < -0.4 is 4.90 Å². The van der Waals surface area contributed by atoms with E-state index >= 15 is 0 Å². The van der Waals surface area contributed by atoms with Crippen molar-refractivity contribution in [3.63, 3.8) is 0 Å². The maximum absolute atomic E-state index is 11.0. The second kappa shape index (κ2) is 6.64. The lowest BCUT2D eigenvalue weighted by Crippen LogP contribution is -2.29. The van der Waals surface area contributed by atoms with E-state index < -0.39 is 5.97 Å². The molecule has 0 heterocycles. The lowest BCUT2D eigenvalue weighted by molar-refractivity contribution is -0.135. The van der Waals surface area contributed by atoms with Gasteiger partial charge in [0, 0.05) is 22.3 Å². The number of carboxylic acids is 1. The van der Waals surface area contributed by atoms with Gasteiger partial charge < -0.3 is 10.0 Å². The van der Waals surface area contributed by atoms with Crippen molar-refractivity contribution in [3.05, 3.63) is 64.1 Å². The van der Waals surface area contributed by atoms with Crippen molar-refractivity contribution in [3.8, 4) is 0 Å². The number of anilines is 1. The van der Waals surface area contributed by atoms with Gasteiger partial charge >= 0.3 is 5.97 Å². The van der Waals surface area contributed by atoms with Gasteiger partial charge in [-0.3, -0.25) is 4.79 Å². The lowest BCUT2D eigenvalue weighted by atomic mass is 10.2. The summed E-state index contributed by atoms with van der Waals surface area (Å²) in [7, 11) is 0. The predicted molar refractivity (Wildman–Crippen MR) is 81.6 cm³/mol. The summed E-state index contributed by atoms with van der Waals surface area (Å²) in [6, 6.07) is 14.5. The third-order valence-electron chi connectivity index (χ3n) is 2.82. The highest BCUT2D eigenvalue weighted by Crippen LogP contribution is 2.24. The van der Waals surface area contributed by atoms with Crippen molar-refractivity contribution >= 4 is 34.9 Å². The van der Waals surface area contributed by atoms with Crippen LogP contribution in [-0.2, 0) is 11.3 Å². The second-order valence-electron chi connectivity index (χ2n) is 4.32. The van der Waals surface area contributed by atoms with Crippen LogP contribution >= 0.6 is 23.2 Å². The van der Waals surface area contributed by atoms with E-state index in [4.69, 9.17) is 28.3 Å². The van der Waals surface area contributed by atoms with Crippen molar-refractivity contribution in [2.24, 2.45) is 0 Å². The average molecular weight is 310 g/mol. The molecule has 0 atom stereocenters. The van der Waals surface area contributed by atoms with Gasteiger partial charge in [0.25, 0.3) is 0 Å². The van der Waals surface area contributed by atoms with Gasteiger partial charge in [0.05, 0.1) is 0 Å². The van der Waals surface area contributed by atoms with Crippen LogP contribution in [0.4, 0.5) is 5.69 Å². The molecule has 0 aliphatic carbocycles. The fourth-order valence-electron chi connectivity index (χ4n) is 1.91. The van der Waals surface area contributed by atoms with Gasteiger partial charge in [-0.2, -0.15) is 0 Å². The van der Waals surface area contributed by atoms with Crippen molar-refractivity contribution in [1.82, 2.24) is 0 Å². The van der Waals surface area contributed by atoms with Crippen molar-refractivity contribution < 1.29 is 9.90 Å². The third-order valence-corrected chi connectivity index (χ3v) is 3.42. The third kappa shape index (κ3) is 3.89. The standard InChI is InChI=1S/C15H13Cl2NO2/c16-12-6-7-14(17)11(8-12)9-18(10-15(19)20)13-4-2-1-3-5-13/h1-8H,9-10H2,(H,19,20). The first-order valence-corrected chi connectivity index (χ1v) is 6.77. The predicted octanol–water partition coefficient (Wildman–Crippen LogP) is 4.08. The van der Waals surface area contributed by atoms with Gasteiger partial charge in [-0.25, -0.2) is 0 Å². The lowest BCUT2D eigenvalue weighted by Gasteiger charge is -2.23. The molecule has 0 saturated heterocycles. The van der Waals surface area contributed by atoms with E-state index in [9.17, 15) is 4.79 Å².